The molecule has 0 amide bonds. The third kappa shape index (κ3) is 2.58. The van der Waals surface area contributed by atoms with Crippen LogP contribution in [0.4, 0.5) is 24.5 Å². The minimum Gasteiger partial charge on any atom is -0.497 e. The van der Waals surface area contributed by atoms with Crippen molar-refractivity contribution in [3.63, 3.8) is 0 Å². The molecule has 0 saturated carbocycles. The van der Waals surface area contributed by atoms with Crippen molar-refractivity contribution >= 4 is 28.4 Å². The summed E-state index contributed by atoms with van der Waals surface area (Å²) in [4.78, 5) is 6.51. The smallest absolute Gasteiger partial charge is 0.416 e. The number of anilines is 1. The summed E-state index contributed by atoms with van der Waals surface area (Å²) in [5.41, 5.74) is -0.446. The van der Waals surface area contributed by atoms with E-state index in [-0.39, 0.29) is 0 Å². The van der Waals surface area contributed by atoms with Crippen LogP contribution >= 0.6 is 0 Å². The van der Waals surface area contributed by atoms with Gasteiger partial charge in [-0.05, 0) is 55.1 Å². The molecule has 3 aromatic carbocycles. The molecule has 0 aliphatic carbocycles. The van der Waals surface area contributed by atoms with Gasteiger partial charge >= 0.3 is 6.18 Å². The predicted molar refractivity (Wildman–Crippen MR) is 115 cm³/mol. The molecule has 4 nitrogen and oxygen atoms in total. The second-order valence-electron chi connectivity index (χ2n) is 8.47. The fourth-order valence-electron chi connectivity index (χ4n) is 4.70. The number of rotatable bonds is 1. The largest absolute Gasteiger partial charge is 0.497 e. The van der Waals surface area contributed by atoms with Gasteiger partial charge < -0.3 is 14.4 Å². The van der Waals surface area contributed by atoms with Gasteiger partial charge in [0.25, 0.3) is 0 Å². The first-order valence-corrected chi connectivity index (χ1v) is 9.89. The van der Waals surface area contributed by atoms with E-state index in [0.717, 1.165) is 22.4 Å². The lowest BCUT2D eigenvalue weighted by Gasteiger charge is -2.45. The van der Waals surface area contributed by atoms with Gasteiger partial charge in [-0.25, -0.2) is 0 Å². The van der Waals surface area contributed by atoms with Crippen LogP contribution in [0, 0.1) is 0 Å². The van der Waals surface area contributed by atoms with Crippen molar-refractivity contribution in [1.82, 2.24) is 0 Å². The van der Waals surface area contributed by atoms with Crippen molar-refractivity contribution in [3.8, 4) is 11.5 Å². The number of alkyl halides is 3. The zero-order valence-corrected chi connectivity index (χ0v) is 17.5. The van der Waals surface area contributed by atoms with E-state index in [0.29, 0.717) is 22.9 Å². The van der Waals surface area contributed by atoms with Crippen LogP contribution in [0.15, 0.2) is 53.5 Å². The van der Waals surface area contributed by atoms with Crippen LogP contribution in [0.3, 0.4) is 0 Å². The van der Waals surface area contributed by atoms with Gasteiger partial charge in [-0.2, -0.15) is 13.2 Å². The molecule has 160 valence electrons. The van der Waals surface area contributed by atoms with Gasteiger partial charge in [-0.1, -0.05) is 18.2 Å². The first kappa shape index (κ1) is 19.7. The Balaban J connectivity index is 1.65. The average Bonchev–Trinajstić information content (AvgIpc) is 2.90. The van der Waals surface area contributed by atoms with E-state index in [9.17, 15) is 13.2 Å². The fourth-order valence-corrected chi connectivity index (χ4v) is 4.70. The maximum atomic E-state index is 13.3. The molecule has 0 saturated heterocycles. The lowest BCUT2D eigenvalue weighted by Crippen LogP contribution is -2.61. The van der Waals surface area contributed by atoms with E-state index >= 15 is 0 Å². The van der Waals surface area contributed by atoms with Crippen LogP contribution in [0.5, 0.6) is 11.5 Å². The van der Waals surface area contributed by atoms with Gasteiger partial charge in [-0.15, -0.1) is 0 Å². The number of ether oxygens (including phenoxy) is 2. The summed E-state index contributed by atoms with van der Waals surface area (Å²) < 4.78 is 51.9. The van der Waals surface area contributed by atoms with E-state index in [1.807, 2.05) is 44.2 Å². The third-order valence-corrected chi connectivity index (χ3v) is 6.55. The third-order valence-electron chi connectivity index (χ3n) is 6.55. The van der Waals surface area contributed by atoms with Crippen LogP contribution in [-0.2, 0) is 11.6 Å². The summed E-state index contributed by atoms with van der Waals surface area (Å²) in [7, 11) is 3.35. The molecule has 0 N–H and O–H groups in total. The normalized spacial score (nSPS) is 21.2. The SMILES string of the molecule is COc1ccc2ccc3c(c2c1)N=CC1(O3)N(C)c2cc(C(F)(F)F)ccc2C1(C)C. The summed E-state index contributed by atoms with van der Waals surface area (Å²) in [5.74, 6) is 1.29. The van der Waals surface area contributed by atoms with Gasteiger partial charge in [-0.3, -0.25) is 4.99 Å². The number of methoxy groups -OCH3 is 1. The van der Waals surface area contributed by atoms with E-state index in [1.165, 1.54) is 6.07 Å². The molecule has 5 rings (SSSR count). The number of fused-ring (bicyclic) bond motifs is 4. The number of hydrogen-bond acceptors (Lipinski definition) is 4. The maximum Gasteiger partial charge on any atom is 0.416 e. The van der Waals surface area contributed by atoms with Crippen molar-refractivity contribution in [1.29, 1.82) is 0 Å². The van der Waals surface area contributed by atoms with Crippen LogP contribution in [0.25, 0.3) is 10.8 Å². The Hall–Kier alpha value is -3.22. The fraction of sp³-hybridized carbons (Fsp3) is 0.292. The molecule has 2 heterocycles. The lowest BCUT2D eigenvalue weighted by molar-refractivity contribution is -0.137. The second kappa shape index (κ2) is 6.15. The van der Waals surface area contributed by atoms with Crippen LogP contribution in [0.1, 0.15) is 25.0 Å². The average molecular weight is 426 g/mol. The minimum atomic E-state index is -4.41. The highest BCUT2D eigenvalue weighted by molar-refractivity contribution is 6.00. The molecule has 7 heteroatoms. The summed E-state index contributed by atoms with van der Waals surface area (Å²) in [6.45, 7) is 3.92. The number of likely N-dealkylation sites (N-methyl/N-ethyl adjacent to an activating group) is 1. The molecule has 2 aliphatic heterocycles. The molecule has 0 fully saturated rings. The first-order valence-electron chi connectivity index (χ1n) is 9.89. The summed E-state index contributed by atoms with van der Waals surface area (Å²) >= 11 is 0. The van der Waals surface area contributed by atoms with Gasteiger partial charge in [0.05, 0.1) is 24.3 Å². The number of benzene rings is 3. The molecule has 0 bridgehead atoms. The van der Waals surface area contributed by atoms with Crippen molar-refractivity contribution < 1.29 is 22.6 Å². The van der Waals surface area contributed by atoms with Crippen molar-refractivity contribution in [2.45, 2.75) is 31.2 Å². The first-order chi connectivity index (χ1) is 14.6. The zero-order valence-electron chi connectivity index (χ0n) is 17.5. The van der Waals surface area contributed by atoms with E-state index in [2.05, 4.69) is 0 Å². The molecule has 1 spiro atoms. The highest BCUT2D eigenvalue weighted by Gasteiger charge is 2.59. The molecular weight excluding hydrogens is 405 g/mol. The van der Waals surface area contributed by atoms with E-state index < -0.39 is 22.9 Å². The second-order valence-corrected chi connectivity index (χ2v) is 8.47. The number of nitrogens with zero attached hydrogens (tertiary/aromatic N) is 2. The molecule has 2 aliphatic rings. The summed E-state index contributed by atoms with van der Waals surface area (Å²) in [6, 6.07) is 13.4. The predicted octanol–water partition coefficient (Wildman–Crippen LogP) is 6.09. The van der Waals surface area contributed by atoms with Crippen molar-refractivity contribution in [3.05, 3.63) is 59.7 Å². The topological polar surface area (TPSA) is 34.1 Å². The Morgan fingerprint density at radius 1 is 1.03 bits per heavy atom. The number of halogens is 3. The number of aliphatic imine (C=N–C) groups is 1. The molecule has 1 unspecified atom stereocenters. The molecule has 0 radical (unpaired) electrons. The maximum absolute atomic E-state index is 13.3. The zero-order chi connectivity index (χ0) is 22.2. The van der Waals surface area contributed by atoms with Crippen molar-refractivity contribution in [2.75, 3.05) is 19.1 Å². The monoisotopic (exact) mass is 426 g/mol. The molecular formula is C24H21F3N2O2. The Labute approximate surface area is 177 Å². The Kier molecular flexibility index (Phi) is 3.92. The number of hydrogen-bond donors (Lipinski definition) is 0. The Bertz CT molecular complexity index is 1250. The van der Waals surface area contributed by atoms with Gasteiger partial charge in [0.2, 0.25) is 5.72 Å². The molecule has 0 aromatic heterocycles. The van der Waals surface area contributed by atoms with Crippen molar-refractivity contribution in [2.24, 2.45) is 4.99 Å². The van der Waals surface area contributed by atoms with Crippen LogP contribution in [0.2, 0.25) is 0 Å². The van der Waals surface area contributed by atoms with Gasteiger partial charge in [0.15, 0.2) is 0 Å². The Morgan fingerprint density at radius 3 is 2.48 bits per heavy atom. The van der Waals surface area contributed by atoms with Gasteiger partial charge in [0, 0.05) is 18.1 Å². The minimum absolute atomic E-state index is 0.484. The van der Waals surface area contributed by atoms with Crippen LogP contribution in [-0.4, -0.2) is 26.1 Å². The molecule has 31 heavy (non-hydrogen) atoms. The van der Waals surface area contributed by atoms with E-state index in [4.69, 9.17) is 14.5 Å². The molecule has 1 atom stereocenters. The summed E-state index contributed by atoms with van der Waals surface area (Å²) in [6.07, 6.45) is -2.70. The standard InChI is InChI=1S/C24H21F3N2O2/c1-22(2)18-9-7-15(24(25,26)27)11-19(18)29(3)23(22)13-28-21-17-12-16(30-4)8-5-14(17)6-10-20(21)31-23/h5-13H,1-4H3. The lowest BCUT2D eigenvalue weighted by atomic mass is 9.77. The van der Waals surface area contributed by atoms with Gasteiger partial charge in [0.1, 0.15) is 17.2 Å². The molecule has 3 aromatic rings. The Morgan fingerprint density at radius 2 is 1.77 bits per heavy atom. The highest BCUT2D eigenvalue weighted by atomic mass is 19.4. The summed E-state index contributed by atoms with van der Waals surface area (Å²) in [5, 5.41) is 1.88. The highest BCUT2D eigenvalue weighted by Crippen LogP contribution is 2.55. The van der Waals surface area contributed by atoms with Crippen LogP contribution < -0.4 is 14.4 Å². The quantitative estimate of drug-likeness (QED) is 0.473. The van der Waals surface area contributed by atoms with E-state index in [1.54, 1.807) is 31.3 Å².